The molecular weight excluding hydrogens is 1620 g/mol. The van der Waals surface area contributed by atoms with Gasteiger partial charge in [-0.3, -0.25) is 9.59 Å². The van der Waals surface area contributed by atoms with Gasteiger partial charge in [0.1, 0.15) is 63.4 Å². The van der Waals surface area contributed by atoms with Crippen molar-refractivity contribution in [3.8, 4) is 11.5 Å². The first-order valence-corrected chi connectivity index (χ1v) is 47.6. The Kier molecular flexibility index (Phi) is 33.7. The van der Waals surface area contributed by atoms with Crippen molar-refractivity contribution in [2.45, 2.75) is 319 Å². The quantitative estimate of drug-likeness (QED) is 0.0570. The minimum atomic E-state index is -0.813. The van der Waals surface area contributed by atoms with Crippen molar-refractivity contribution >= 4 is 23.8 Å². The molecule has 0 aliphatic heterocycles. The molecule has 2 amide bonds. The third-order valence-electron chi connectivity index (χ3n) is 29.3. The molecule has 128 heavy (non-hydrogen) atoms. The van der Waals surface area contributed by atoms with Gasteiger partial charge in [0.15, 0.2) is 11.6 Å². The summed E-state index contributed by atoms with van der Waals surface area (Å²) in [6.45, 7) is 42.3. The maximum absolute atomic E-state index is 14.0. The number of rotatable bonds is 20. The van der Waals surface area contributed by atoms with Gasteiger partial charge in [0, 0.05) is 24.0 Å². The van der Waals surface area contributed by atoms with Crippen molar-refractivity contribution in [3.05, 3.63) is 259 Å². The molecule has 10 nitrogen and oxygen atoms in total. The summed E-state index contributed by atoms with van der Waals surface area (Å²) in [5.74, 6) is 8.60. The number of carbonyl (C=O) groups excluding carboxylic acids is 4. The van der Waals surface area contributed by atoms with Crippen molar-refractivity contribution in [1.29, 1.82) is 0 Å². The number of ether oxygens (including phenoxy) is 4. The highest BCUT2D eigenvalue weighted by atomic mass is 19.1. The van der Waals surface area contributed by atoms with E-state index in [1.54, 1.807) is 102 Å². The number of halogens is 7. The fourth-order valence-electron chi connectivity index (χ4n) is 20.8. The van der Waals surface area contributed by atoms with Crippen LogP contribution in [0.3, 0.4) is 0 Å². The molecule has 10 aliphatic rings. The predicted molar refractivity (Wildman–Crippen MR) is 499 cm³/mol. The fourth-order valence-corrected chi connectivity index (χ4v) is 20.8. The van der Waals surface area contributed by atoms with Gasteiger partial charge in [-0.05, 0) is 433 Å². The third-order valence-corrected chi connectivity index (χ3v) is 29.3. The molecule has 7 aromatic rings. The number of benzene rings is 7. The van der Waals surface area contributed by atoms with Crippen molar-refractivity contribution in [3.63, 3.8) is 0 Å². The van der Waals surface area contributed by atoms with E-state index in [0.29, 0.717) is 45.6 Å². The predicted octanol–water partition coefficient (Wildman–Crippen LogP) is 28.4. The normalized spacial score (nSPS) is 24.5. The van der Waals surface area contributed by atoms with Gasteiger partial charge in [-0.15, -0.1) is 0 Å². The van der Waals surface area contributed by atoms with E-state index in [-0.39, 0.29) is 65.1 Å². The van der Waals surface area contributed by atoms with E-state index in [1.165, 1.54) is 205 Å². The maximum atomic E-state index is 14.0. The first-order valence-electron chi connectivity index (χ1n) is 47.6. The lowest BCUT2D eigenvalue weighted by atomic mass is 9.55. The van der Waals surface area contributed by atoms with Gasteiger partial charge < -0.3 is 29.6 Å². The molecule has 694 valence electrons. The van der Waals surface area contributed by atoms with E-state index >= 15 is 0 Å². The smallest absolute Gasteiger partial charge is 0.408 e. The second kappa shape index (κ2) is 43.4. The lowest BCUT2D eigenvalue weighted by Crippen LogP contribution is -2.44. The van der Waals surface area contributed by atoms with E-state index in [4.69, 9.17) is 18.9 Å². The Morgan fingerprint density at radius 3 is 1.14 bits per heavy atom. The SMILES string of the molecule is C=C1CC[C@H]2[C@@H]3CCc4cc(F)ccc4[C@H]3CC[C@]12C.C=C1CC[C@H]2[C@@H]3CCc4cc([18F])ccc4[C@H]3CC[C@]12C.CC(=O)[C@H](Cc1cc(C)c(C)cc1F)NC(=O)OC(C)(C)C.CC(=O)[C@H](Cc1cc(C)c(C)cc1[18F])NC(=O)OC(C)(C)C.CCCc1ccc([18F])cc1.CC[C@H]1C[C@@H]1c1cc(F)ccc1OCC1CC1.CC[C@H]1C[C@@H]1c1cc([18F])ccc1OCC1CC1. The van der Waals surface area contributed by atoms with Gasteiger partial charge >= 0.3 is 12.2 Å². The molecule has 0 aromatic heterocycles. The van der Waals surface area contributed by atoms with Crippen molar-refractivity contribution in [1.82, 2.24) is 10.6 Å². The summed E-state index contributed by atoms with van der Waals surface area (Å²) in [6, 6.07) is 32.3. The zero-order valence-electron chi connectivity index (χ0n) is 79.3. The molecule has 0 heterocycles. The van der Waals surface area contributed by atoms with Gasteiger partial charge in [-0.25, -0.2) is 40.3 Å². The Balaban J connectivity index is 0.000000146. The summed E-state index contributed by atoms with van der Waals surface area (Å²) in [4.78, 5) is 47.0. The van der Waals surface area contributed by atoms with Crippen LogP contribution in [-0.4, -0.2) is 60.3 Å². The van der Waals surface area contributed by atoms with Crippen LogP contribution < -0.4 is 20.1 Å². The Morgan fingerprint density at radius 2 is 0.797 bits per heavy atom. The van der Waals surface area contributed by atoms with Crippen LogP contribution in [0.5, 0.6) is 11.5 Å². The number of Topliss-reactive ketones (excluding diaryl/α,β-unsaturated/α-hetero) is 2. The third kappa shape index (κ3) is 26.9. The zero-order valence-corrected chi connectivity index (χ0v) is 79.3. The number of allylic oxidation sites excluding steroid dienone is 2. The van der Waals surface area contributed by atoms with Crippen LogP contribution in [0.15, 0.2) is 146 Å². The molecule has 0 unspecified atom stereocenters. The monoisotopic (exact) mass is 1760 g/mol. The van der Waals surface area contributed by atoms with Gasteiger partial charge in [-0.2, -0.15) is 0 Å². The Labute approximate surface area is 759 Å². The molecular formula is C111H143F7N2O8. The van der Waals surface area contributed by atoms with E-state index in [2.05, 4.69) is 70.5 Å². The summed E-state index contributed by atoms with van der Waals surface area (Å²) in [6.07, 6.45) is 25.7. The number of nitrogens with one attached hydrogen (secondary N) is 2. The number of ketones is 2. The largest absolute Gasteiger partial charge is 0.493 e. The maximum Gasteiger partial charge on any atom is 0.408 e. The number of hydrogen-bond acceptors (Lipinski definition) is 8. The average molecular weight is 1760 g/mol. The molecule has 14 atom stereocenters. The van der Waals surface area contributed by atoms with Gasteiger partial charge in [0.05, 0.1) is 25.3 Å². The van der Waals surface area contributed by atoms with Crippen molar-refractivity contribution in [2.75, 3.05) is 13.2 Å². The molecule has 2 N–H and O–H groups in total. The van der Waals surface area contributed by atoms with E-state index in [0.717, 1.165) is 131 Å². The number of alkyl carbamates (subject to hydrolysis) is 2. The number of hydrogen-bond donors (Lipinski definition) is 2. The van der Waals surface area contributed by atoms with Crippen molar-refractivity contribution < 1.29 is 68.9 Å². The molecule has 0 radical (unpaired) electrons. The molecule has 7 aromatic carbocycles. The topological polar surface area (TPSA) is 129 Å². The number of carbonyl (C=O) groups is 4. The minimum Gasteiger partial charge on any atom is -0.493 e. The summed E-state index contributed by atoms with van der Waals surface area (Å²) < 4.78 is 116. The van der Waals surface area contributed by atoms with Crippen LogP contribution >= 0.6 is 0 Å². The molecule has 0 saturated heterocycles. The number of aryl methyl sites for hydroxylation is 7. The molecule has 10 aliphatic carbocycles. The lowest BCUT2D eigenvalue weighted by Gasteiger charge is -2.49. The molecule has 8 fully saturated rings. The summed E-state index contributed by atoms with van der Waals surface area (Å²) in [5, 5.41) is 5.01. The Bertz CT molecular complexity index is 4750. The summed E-state index contributed by atoms with van der Waals surface area (Å²) >= 11 is 0. The standard InChI is InChI=1S/2C19H23F.2C17H24FNO3.2C15H19FO.C9H11F/c2*1-12-3-8-18-17-6-4-13-11-14(20)5-7-15(13)16(17)9-10-19(12,18)2;2*1-10-7-13(14(18)8-11(10)2)9-15(12(3)20)19-16(21)22-17(4,5)6;2*1-2-11-7-13(11)14-8-12(16)5-6-15(14)17-9-10-3-4-10;1-2-3-8-4-6-9(10)7-5-8/h2*5,7,11,16-18H,1,3-4,6,8-10H2,2H3;2*7-8,15H,9H2,1-6H3,(H,19,21);2*5-6,8,10-11,13H,2-4,7,9H2,1H3;4-7H,2-3H2,1H3/t2*16-,17-,18+,19-;2*15-;2*11-,13-;/m110000./s1/i20-1;;18-1;;16-1;;10-1. The van der Waals surface area contributed by atoms with E-state index < -0.39 is 35.5 Å². The van der Waals surface area contributed by atoms with Crippen LogP contribution in [0.1, 0.15) is 308 Å². The van der Waals surface area contributed by atoms with Crippen LogP contribution in [0, 0.1) is 127 Å². The summed E-state index contributed by atoms with van der Waals surface area (Å²) in [7, 11) is 0. The number of fused-ring (bicyclic) bond motifs is 10. The van der Waals surface area contributed by atoms with Gasteiger partial charge in [0.2, 0.25) is 0 Å². The Hall–Kier alpha value is -8.99. The highest BCUT2D eigenvalue weighted by Crippen LogP contribution is 2.64. The second-order valence-electron chi connectivity index (χ2n) is 41.1. The van der Waals surface area contributed by atoms with Crippen molar-refractivity contribution in [2.24, 2.45) is 58.2 Å². The molecule has 17 rings (SSSR count). The van der Waals surface area contributed by atoms with Crippen LogP contribution in [0.2, 0.25) is 0 Å². The summed E-state index contributed by atoms with van der Waals surface area (Å²) in [5.41, 5.74) is 15.7. The molecule has 0 bridgehead atoms. The van der Waals surface area contributed by atoms with Crippen LogP contribution in [0.4, 0.5) is 40.3 Å². The van der Waals surface area contributed by atoms with E-state index in [9.17, 15) is 49.9 Å². The zero-order chi connectivity index (χ0) is 93.0. The first-order chi connectivity index (χ1) is 60.5. The second-order valence-corrected chi connectivity index (χ2v) is 41.1. The highest BCUT2D eigenvalue weighted by Gasteiger charge is 2.54. The minimum absolute atomic E-state index is 0.0721. The highest BCUT2D eigenvalue weighted by molar-refractivity contribution is 5.86. The molecule has 8 saturated carbocycles. The van der Waals surface area contributed by atoms with Crippen LogP contribution in [0.25, 0.3) is 0 Å². The van der Waals surface area contributed by atoms with Gasteiger partial charge in [0.25, 0.3) is 0 Å². The van der Waals surface area contributed by atoms with E-state index in [1.807, 2.05) is 39.8 Å². The number of amides is 2. The molecule has 17 heteroatoms. The lowest BCUT2D eigenvalue weighted by molar-refractivity contribution is -0.119. The Morgan fingerprint density at radius 1 is 0.438 bits per heavy atom. The van der Waals surface area contributed by atoms with Crippen LogP contribution in [-0.2, 0) is 51.2 Å². The first kappa shape index (κ1) is 99.6. The van der Waals surface area contributed by atoms with Gasteiger partial charge in [-0.1, -0.05) is 115 Å². The molecule has 0 spiro atoms. The average Bonchev–Trinajstić information content (AvgIpc) is 1.54. The fraction of sp³-hybridized carbons (Fsp3) is 0.550.